The highest BCUT2D eigenvalue weighted by molar-refractivity contribution is 5.83. The van der Waals surface area contributed by atoms with E-state index in [4.69, 9.17) is 4.74 Å². The van der Waals surface area contributed by atoms with E-state index in [1.807, 2.05) is 0 Å². The fourth-order valence-corrected chi connectivity index (χ4v) is 2.72. The Morgan fingerprint density at radius 2 is 1.85 bits per heavy atom. The molecular weight excluding hydrogens is 256 g/mol. The minimum Gasteiger partial charge on any atom is -0.385 e. The van der Waals surface area contributed by atoms with E-state index in [0.29, 0.717) is 13.2 Å². The quantitative estimate of drug-likeness (QED) is 0.572. The number of nitrogens with one attached hydrogen (secondary N) is 1. The number of carbonyl (C=O) groups is 2. The number of ether oxygens (including phenoxy) is 1. The first-order chi connectivity index (χ1) is 9.65. The predicted molar refractivity (Wildman–Crippen MR) is 78.4 cm³/mol. The van der Waals surface area contributed by atoms with Gasteiger partial charge in [-0.1, -0.05) is 25.7 Å². The summed E-state index contributed by atoms with van der Waals surface area (Å²) in [5.74, 6) is -0.0653. The Balaban J connectivity index is 2.41. The standard InChI is InChI=1S/C15H28N2O3/c1-13(18)17(14-8-5-3-4-6-9-14)12-15(19)16-10-7-11-20-2/h14H,3-12H2,1-2H3,(H,16,19). The lowest BCUT2D eigenvalue weighted by Crippen LogP contribution is -2.45. The van der Waals surface area contributed by atoms with E-state index in [0.717, 1.165) is 32.1 Å². The summed E-state index contributed by atoms with van der Waals surface area (Å²) in [7, 11) is 1.64. The Bertz CT molecular complexity index is 299. The van der Waals surface area contributed by atoms with Gasteiger partial charge in [-0.25, -0.2) is 0 Å². The SMILES string of the molecule is COCCCNC(=O)CN(C(C)=O)C1CCCCCC1. The number of nitrogens with zero attached hydrogens (tertiary/aromatic N) is 1. The molecule has 5 heteroatoms. The lowest BCUT2D eigenvalue weighted by atomic mass is 10.1. The zero-order chi connectivity index (χ0) is 14.8. The maximum absolute atomic E-state index is 11.9. The van der Waals surface area contributed by atoms with Crippen LogP contribution in [0.25, 0.3) is 0 Å². The number of methoxy groups -OCH3 is 1. The van der Waals surface area contributed by atoms with Crippen LogP contribution in [-0.4, -0.2) is 49.6 Å². The van der Waals surface area contributed by atoms with E-state index in [1.54, 1.807) is 18.9 Å². The van der Waals surface area contributed by atoms with Gasteiger partial charge in [-0.2, -0.15) is 0 Å². The van der Waals surface area contributed by atoms with E-state index < -0.39 is 0 Å². The number of amides is 2. The average molecular weight is 284 g/mol. The summed E-state index contributed by atoms with van der Waals surface area (Å²) in [4.78, 5) is 25.4. The van der Waals surface area contributed by atoms with Crippen LogP contribution in [0.3, 0.4) is 0 Å². The third kappa shape index (κ3) is 6.37. The van der Waals surface area contributed by atoms with Crippen LogP contribution < -0.4 is 5.32 Å². The van der Waals surface area contributed by atoms with Crippen molar-refractivity contribution in [2.24, 2.45) is 0 Å². The molecule has 0 heterocycles. The zero-order valence-corrected chi connectivity index (χ0v) is 12.8. The molecule has 1 N–H and O–H groups in total. The van der Waals surface area contributed by atoms with Gasteiger partial charge in [0.05, 0.1) is 6.54 Å². The van der Waals surface area contributed by atoms with Crippen molar-refractivity contribution in [2.45, 2.75) is 57.9 Å². The van der Waals surface area contributed by atoms with E-state index in [-0.39, 0.29) is 24.4 Å². The summed E-state index contributed by atoms with van der Waals surface area (Å²) < 4.78 is 4.94. The normalized spacial score (nSPS) is 16.5. The van der Waals surface area contributed by atoms with Gasteiger partial charge < -0.3 is 15.0 Å². The summed E-state index contributed by atoms with van der Waals surface area (Å²) in [6, 6.07) is 0.236. The molecule has 1 aliphatic rings. The van der Waals surface area contributed by atoms with Gasteiger partial charge in [0, 0.05) is 33.2 Å². The number of rotatable bonds is 7. The summed E-state index contributed by atoms with van der Waals surface area (Å²) in [6.45, 7) is 2.98. The second-order valence-electron chi connectivity index (χ2n) is 5.49. The van der Waals surface area contributed by atoms with Gasteiger partial charge in [-0.15, -0.1) is 0 Å². The van der Waals surface area contributed by atoms with E-state index in [2.05, 4.69) is 5.32 Å². The second kappa shape index (κ2) is 9.75. The summed E-state index contributed by atoms with van der Waals surface area (Å²) >= 11 is 0. The van der Waals surface area contributed by atoms with Crippen LogP contribution in [0.15, 0.2) is 0 Å². The molecule has 20 heavy (non-hydrogen) atoms. The number of hydrogen-bond acceptors (Lipinski definition) is 3. The van der Waals surface area contributed by atoms with Crippen LogP contribution in [0.1, 0.15) is 51.9 Å². The van der Waals surface area contributed by atoms with Crippen LogP contribution in [0.2, 0.25) is 0 Å². The van der Waals surface area contributed by atoms with Crippen LogP contribution >= 0.6 is 0 Å². The van der Waals surface area contributed by atoms with Crippen LogP contribution in [-0.2, 0) is 14.3 Å². The molecule has 1 saturated carbocycles. The Labute approximate surface area is 122 Å². The van der Waals surface area contributed by atoms with Gasteiger partial charge >= 0.3 is 0 Å². The van der Waals surface area contributed by atoms with Gasteiger partial charge in [0.1, 0.15) is 0 Å². The van der Waals surface area contributed by atoms with Crippen molar-refractivity contribution in [3.05, 3.63) is 0 Å². The lowest BCUT2D eigenvalue weighted by molar-refractivity contribution is -0.136. The average Bonchev–Trinajstić information content (AvgIpc) is 2.69. The molecule has 0 bridgehead atoms. The van der Waals surface area contributed by atoms with Gasteiger partial charge in [-0.05, 0) is 19.3 Å². The van der Waals surface area contributed by atoms with Crippen molar-refractivity contribution in [1.82, 2.24) is 10.2 Å². The molecule has 1 fully saturated rings. The third-order valence-electron chi connectivity index (χ3n) is 3.83. The fraction of sp³-hybridized carbons (Fsp3) is 0.867. The molecular formula is C15H28N2O3. The molecule has 0 aromatic rings. The van der Waals surface area contributed by atoms with Gasteiger partial charge in [0.25, 0.3) is 0 Å². The molecule has 116 valence electrons. The molecule has 1 aliphatic carbocycles. The van der Waals surface area contributed by atoms with Crippen molar-refractivity contribution >= 4 is 11.8 Å². The molecule has 5 nitrogen and oxygen atoms in total. The highest BCUT2D eigenvalue weighted by atomic mass is 16.5. The van der Waals surface area contributed by atoms with Crippen molar-refractivity contribution in [1.29, 1.82) is 0 Å². The molecule has 0 saturated heterocycles. The molecule has 0 aromatic carbocycles. The zero-order valence-electron chi connectivity index (χ0n) is 12.8. The largest absolute Gasteiger partial charge is 0.385 e. The van der Waals surface area contributed by atoms with Crippen molar-refractivity contribution in [2.75, 3.05) is 26.8 Å². The molecule has 0 radical (unpaired) electrons. The van der Waals surface area contributed by atoms with Crippen molar-refractivity contribution in [3.63, 3.8) is 0 Å². The molecule has 0 aromatic heterocycles. The Morgan fingerprint density at radius 3 is 2.40 bits per heavy atom. The maximum Gasteiger partial charge on any atom is 0.239 e. The topological polar surface area (TPSA) is 58.6 Å². The molecule has 2 amide bonds. The summed E-state index contributed by atoms with van der Waals surface area (Å²) in [6.07, 6.45) is 7.64. The lowest BCUT2D eigenvalue weighted by Gasteiger charge is -2.29. The highest BCUT2D eigenvalue weighted by Crippen LogP contribution is 2.21. The second-order valence-corrected chi connectivity index (χ2v) is 5.49. The first-order valence-corrected chi connectivity index (χ1v) is 7.68. The van der Waals surface area contributed by atoms with Crippen LogP contribution in [0, 0.1) is 0 Å². The summed E-state index contributed by atoms with van der Waals surface area (Å²) in [5, 5.41) is 2.84. The highest BCUT2D eigenvalue weighted by Gasteiger charge is 2.24. The molecule has 0 atom stereocenters. The van der Waals surface area contributed by atoms with Gasteiger partial charge in [-0.3, -0.25) is 9.59 Å². The smallest absolute Gasteiger partial charge is 0.239 e. The van der Waals surface area contributed by atoms with Crippen LogP contribution in [0.5, 0.6) is 0 Å². The Morgan fingerprint density at radius 1 is 1.20 bits per heavy atom. The van der Waals surface area contributed by atoms with Gasteiger partial charge in [0.2, 0.25) is 11.8 Å². The van der Waals surface area contributed by atoms with Gasteiger partial charge in [0.15, 0.2) is 0 Å². The monoisotopic (exact) mass is 284 g/mol. The van der Waals surface area contributed by atoms with E-state index in [1.165, 1.54) is 12.8 Å². The molecule has 0 unspecified atom stereocenters. The molecule has 0 spiro atoms. The molecule has 0 aliphatic heterocycles. The predicted octanol–water partition coefficient (Wildman–Crippen LogP) is 1.71. The first kappa shape index (κ1) is 17.0. The minimum absolute atomic E-state index is 0.00365. The minimum atomic E-state index is -0.0689. The van der Waals surface area contributed by atoms with E-state index >= 15 is 0 Å². The Kier molecular flexibility index (Phi) is 8.26. The van der Waals surface area contributed by atoms with Crippen LogP contribution in [0.4, 0.5) is 0 Å². The maximum atomic E-state index is 11.9. The van der Waals surface area contributed by atoms with Crippen molar-refractivity contribution < 1.29 is 14.3 Å². The molecule has 1 rings (SSSR count). The Hall–Kier alpha value is -1.10. The third-order valence-corrected chi connectivity index (χ3v) is 3.83. The van der Waals surface area contributed by atoms with E-state index in [9.17, 15) is 9.59 Å². The van der Waals surface area contributed by atoms with Crippen molar-refractivity contribution in [3.8, 4) is 0 Å². The number of hydrogen-bond donors (Lipinski definition) is 1. The fourth-order valence-electron chi connectivity index (χ4n) is 2.72. The summed E-state index contributed by atoms with van der Waals surface area (Å²) in [5.41, 5.74) is 0. The first-order valence-electron chi connectivity index (χ1n) is 7.68. The number of carbonyl (C=O) groups excluding carboxylic acids is 2.